The molecule has 0 spiro atoms. The molecule has 1 aliphatic heterocycles. The zero-order chi connectivity index (χ0) is 19.3. The highest BCUT2D eigenvalue weighted by Crippen LogP contribution is 2.30. The average Bonchev–Trinajstić information content (AvgIpc) is 3.57. The van der Waals surface area contributed by atoms with E-state index in [4.69, 9.17) is 0 Å². The number of aromatic nitrogens is 1. The molecule has 0 radical (unpaired) electrons. The number of anilines is 2. The Morgan fingerprint density at radius 1 is 1.11 bits per heavy atom. The fraction of sp³-hybridized carbons (Fsp3) is 0.455. The lowest BCUT2D eigenvalue weighted by molar-refractivity contribution is 0.0963. The molecule has 6 nitrogen and oxygen atoms in total. The van der Waals surface area contributed by atoms with Crippen molar-refractivity contribution >= 4 is 17.4 Å². The van der Waals surface area contributed by atoms with Crippen molar-refractivity contribution in [1.82, 2.24) is 15.2 Å². The summed E-state index contributed by atoms with van der Waals surface area (Å²) in [5.41, 5.74) is 3.02. The summed E-state index contributed by atoms with van der Waals surface area (Å²) in [7, 11) is 1.63. The number of carbonyl (C=O) groups excluding carboxylic acids is 1. The van der Waals surface area contributed by atoms with Crippen molar-refractivity contribution in [2.24, 2.45) is 5.92 Å². The highest BCUT2D eigenvalue weighted by molar-refractivity contribution is 5.98. The second-order valence-electron chi connectivity index (χ2n) is 7.73. The number of piperazine rings is 1. The fourth-order valence-corrected chi connectivity index (χ4v) is 3.73. The van der Waals surface area contributed by atoms with Crippen LogP contribution in [0, 0.1) is 5.92 Å². The molecule has 1 saturated carbocycles. The Kier molecular flexibility index (Phi) is 5.76. The molecular formula is C22H29N5O. The standard InChI is InChI=1S/C22H29N5O/c1-23-22(28)20-3-2-10-24-21(20)25-15-17-6-8-19(9-7-17)27-13-11-26(12-14-27)16-18-4-5-18/h2-3,6-10,18H,4-5,11-16H2,1H3,(H,23,28)(H,24,25). The maximum atomic E-state index is 12.0. The van der Waals surface area contributed by atoms with Crippen LogP contribution in [-0.4, -0.2) is 55.6 Å². The van der Waals surface area contributed by atoms with Crippen molar-refractivity contribution in [2.45, 2.75) is 19.4 Å². The quantitative estimate of drug-likeness (QED) is 0.774. The van der Waals surface area contributed by atoms with E-state index in [1.165, 1.54) is 43.7 Å². The van der Waals surface area contributed by atoms with Crippen LogP contribution in [0.3, 0.4) is 0 Å². The van der Waals surface area contributed by atoms with Gasteiger partial charge in [-0.1, -0.05) is 12.1 Å². The van der Waals surface area contributed by atoms with Crippen molar-refractivity contribution in [1.29, 1.82) is 0 Å². The monoisotopic (exact) mass is 379 g/mol. The molecule has 1 aromatic heterocycles. The number of hydrogen-bond donors (Lipinski definition) is 2. The molecule has 0 unspecified atom stereocenters. The molecule has 4 rings (SSSR count). The van der Waals surface area contributed by atoms with E-state index in [2.05, 4.69) is 49.7 Å². The van der Waals surface area contributed by atoms with Gasteiger partial charge in [-0.05, 0) is 48.6 Å². The molecule has 1 aromatic carbocycles. The number of benzene rings is 1. The van der Waals surface area contributed by atoms with Crippen LogP contribution < -0.4 is 15.5 Å². The molecular weight excluding hydrogens is 350 g/mol. The molecule has 1 aliphatic carbocycles. The largest absolute Gasteiger partial charge is 0.369 e. The van der Waals surface area contributed by atoms with Crippen molar-refractivity contribution in [3.8, 4) is 0 Å². The van der Waals surface area contributed by atoms with Gasteiger partial charge in [-0.2, -0.15) is 0 Å². The van der Waals surface area contributed by atoms with Gasteiger partial charge in [0.05, 0.1) is 5.56 Å². The van der Waals surface area contributed by atoms with Crippen molar-refractivity contribution < 1.29 is 4.79 Å². The minimum atomic E-state index is -0.133. The number of rotatable bonds is 7. The lowest BCUT2D eigenvalue weighted by Gasteiger charge is -2.36. The van der Waals surface area contributed by atoms with Crippen molar-refractivity contribution in [3.63, 3.8) is 0 Å². The summed E-state index contributed by atoms with van der Waals surface area (Å²) < 4.78 is 0. The zero-order valence-corrected chi connectivity index (χ0v) is 16.5. The predicted molar refractivity (Wildman–Crippen MR) is 113 cm³/mol. The van der Waals surface area contributed by atoms with Gasteiger partial charge < -0.3 is 15.5 Å². The molecule has 2 aromatic rings. The Bertz CT molecular complexity index is 795. The number of hydrogen-bond acceptors (Lipinski definition) is 5. The Hall–Kier alpha value is -2.60. The molecule has 1 saturated heterocycles. The number of nitrogens with one attached hydrogen (secondary N) is 2. The third-order valence-corrected chi connectivity index (χ3v) is 5.63. The maximum absolute atomic E-state index is 12.0. The van der Waals surface area contributed by atoms with Gasteiger partial charge in [0.2, 0.25) is 0 Å². The highest BCUT2D eigenvalue weighted by Gasteiger charge is 2.26. The van der Waals surface area contributed by atoms with Crippen molar-refractivity contribution in [3.05, 3.63) is 53.7 Å². The highest BCUT2D eigenvalue weighted by atomic mass is 16.1. The molecule has 0 atom stereocenters. The van der Waals surface area contributed by atoms with Gasteiger partial charge in [-0.3, -0.25) is 9.69 Å². The summed E-state index contributed by atoms with van der Waals surface area (Å²) in [5, 5.41) is 5.93. The first-order valence-corrected chi connectivity index (χ1v) is 10.2. The molecule has 28 heavy (non-hydrogen) atoms. The van der Waals surface area contributed by atoms with E-state index >= 15 is 0 Å². The van der Waals surface area contributed by atoms with Crippen LogP contribution in [0.4, 0.5) is 11.5 Å². The van der Waals surface area contributed by atoms with Gasteiger partial charge >= 0.3 is 0 Å². The number of pyridine rings is 1. The van der Waals surface area contributed by atoms with Gasteiger partial charge in [0.1, 0.15) is 5.82 Å². The van der Waals surface area contributed by atoms with Gasteiger partial charge in [-0.15, -0.1) is 0 Å². The third kappa shape index (κ3) is 4.62. The first-order valence-electron chi connectivity index (χ1n) is 10.2. The van der Waals surface area contributed by atoms with E-state index in [9.17, 15) is 4.79 Å². The minimum Gasteiger partial charge on any atom is -0.369 e. The van der Waals surface area contributed by atoms with Gasteiger partial charge in [-0.25, -0.2) is 4.98 Å². The first-order chi connectivity index (χ1) is 13.7. The van der Waals surface area contributed by atoms with Crippen molar-refractivity contribution in [2.75, 3.05) is 50.0 Å². The molecule has 1 amide bonds. The van der Waals surface area contributed by atoms with E-state index < -0.39 is 0 Å². The fourth-order valence-electron chi connectivity index (χ4n) is 3.73. The lowest BCUT2D eigenvalue weighted by atomic mass is 10.1. The summed E-state index contributed by atoms with van der Waals surface area (Å²) >= 11 is 0. The van der Waals surface area contributed by atoms with E-state index in [1.54, 1.807) is 25.4 Å². The summed E-state index contributed by atoms with van der Waals surface area (Å²) in [5.74, 6) is 1.45. The number of amides is 1. The third-order valence-electron chi connectivity index (χ3n) is 5.63. The second kappa shape index (κ2) is 8.61. The van der Waals surface area contributed by atoms with Crippen LogP contribution in [0.2, 0.25) is 0 Å². The number of nitrogens with zero attached hydrogens (tertiary/aromatic N) is 3. The van der Waals surface area contributed by atoms with Crippen LogP contribution in [0.5, 0.6) is 0 Å². The SMILES string of the molecule is CNC(=O)c1cccnc1NCc1ccc(N2CCN(CC3CC3)CC2)cc1. The van der Waals surface area contributed by atoms with E-state index in [1.807, 2.05) is 0 Å². The molecule has 2 N–H and O–H groups in total. The van der Waals surface area contributed by atoms with Crippen LogP contribution in [0.1, 0.15) is 28.8 Å². The summed E-state index contributed by atoms with van der Waals surface area (Å²) in [6.07, 6.45) is 4.55. The Labute approximate surface area is 166 Å². The Morgan fingerprint density at radius 3 is 2.54 bits per heavy atom. The molecule has 2 heterocycles. The molecule has 2 fully saturated rings. The average molecular weight is 380 g/mol. The lowest BCUT2D eigenvalue weighted by Crippen LogP contribution is -2.47. The molecule has 0 bridgehead atoms. The second-order valence-corrected chi connectivity index (χ2v) is 7.73. The molecule has 6 heteroatoms. The van der Waals surface area contributed by atoms with Crippen LogP contribution in [0.15, 0.2) is 42.6 Å². The van der Waals surface area contributed by atoms with Crippen LogP contribution in [-0.2, 0) is 6.54 Å². The van der Waals surface area contributed by atoms with E-state index in [0.717, 1.165) is 19.0 Å². The predicted octanol–water partition coefficient (Wildman–Crippen LogP) is 2.59. The summed E-state index contributed by atoms with van der Waals surface area (Å²) in [6, 6.07) is 12.3. The maximum Gasteiger partial charge on any atom is 0.254 e. The van der Waals surface area contributed by atoms with Gasteiger partial charge in [0, 0.05) is 58.2 Å². The normalized spacial score (nSPS) is 17.4. The van der Waals surface area contributed by atoms with Gasteiger partial charge in [0.15, 0.2) is 0 Å². The summed E-state index contributed by atoms with van der Waals surface area (Å²) in [6.45, 7) is 6.48. The minimum absolute atomic E-state index is 0.133. The van der Waals surface area contributed by atoms with E-state index in [0.29, 0.717) is 17.9 Å². The Balaban J connectivity index is 1.31. The zero-order valence-electron chi connectivity index (χ0n) is 16.5. The van der Waals surface area contributed by atoms with E-state index in [-0.39, 0.29) is 5.91 Å². The first kappa shape index (κ1) is 18.7. The number of carbonyl (C=O) groups is 1. The van der Waals surface area contributed by atoms with Crippen LogP contribution >= 0.6 is 0 Å². The summed E-state index contributed by atoms with van der Waals surface area (Å²) in [4.78, 5) is 21.3. The van der Waals surface area contributed by atoms with Gasteiger partial charge in [0.25, 0.3) is 5.91 Å². The smallest absolute Gasteiger partial charge is 0.254 e. The van der Waals surface area contributed by atoms with Crippen LogP contribution in [0.25, 0.3) is 0 Å². The molecule has 2 aliphatic rings. The Morgan fingerprint density at radius 2 is 1.86 bits per heavy atom. The molecule has 148 valence electrons. The topological polar surface area (TPSA) is 60.5 Å².